The lowest BCUT2D eigenvalue weighted by atomic mass is 10.4. The molecule has 0 unspecified atom stereocenters. The van der Waals surface area contributed by atoms with Crippen molar-refractivity contribution < 1.29 is 4.79 Å². The number of nitrogens with zero attached hydrogens (tertiary/aromatic N) is 4. The molecular weight excluding hydrogens is 232 g/mol. The number of carbonyl (C=O) groups excluding carboxylic acids is 1. The zero-order chi connectivity index (χ0) is 11.1. The lowest BCUT2D eigenvalue weighted by Crippen LogP contribution is -2.29. The van der Waals surface area contributed by atoms with Gasteiger partial charge in [-0.25, -0.2) is 4.98 Å². The number of nitriles is 1. The molecule has 0 saturated carbocycles. The van der Waals surface area contributed by atoms with Crippen LogP contribution in [-0.4, -0.2) is 39.5 Å². The number of rotatable bonds is 5. The van der Waals surface area contributed by atoms with E-state index < -0.39 is 0 Å². The molecule has 0 aliphatic heterocycles. The fraction of sp³-hybridized carbons (Fsp3) is 0.500. The number of hydrogen-bond acceptors (Lipinski definition) is 6. The second kappa shape index (κ2) is 6.37. The van der Waals surface area contributed by atoms with Crippen LogP contribution < -0.4 is 0 Å². The van der Waals surface area contributed by atoms with Gasteiger partial charge in [-0.05, 0) is 11.5 Å². The first-order chi connectivity index (χ1) is 7.24. The van der Waals surface area contributed by atoms with Crippen LogP contribution in [0.25, 0.3) is 0 Å². The van der Waals surface area contributed by atoms with Crippen molar-refractivity contribution in [1.82, 2.24) is 14.3 Å². The van der Waals surface area contributed by atoms with Crippen molar-refractivity contribution in [2.75, 3.05) is 19.3 Å². The van der Waals surface area contributed by atoms with E-state index >= 15 is 0 Å². The summed E-state index contributed by atoms with van der Waals surface area (Å²) in [7, 11) is 1.69. The summed E-state index contributed by atoms with van der Waals surface area (Å²) < 4.78 is 4.63. The quantitative estimate of drug-likeness (QED) is 0.720. The third kappa shape index (κ3) is 4.27. The van der Waals surface area contributed by atoms with Crippen LogP contribution >= 0.6 is 23.3 Å². The summed E-state index contributed by atoms with van der Waals surface area (Å²) in [6, 6.07) is 2.00. The first-order valence-corrected chi connectivity index (χ1v) is 6.00. The third-order valence-electron chi connectivity index (χ3n) is 1.64. The predicted octanol–water partition coefficient (Wildman–Crippen LogP) is 1.00. The highest BCUT2D eigenvalue weighted by atomic mass is 32.2. The summed E-state index contributed by atoms with van der Waals surface area (Å²) in [5, 5.41) is 8.37. The van der Waals surface area contributed by atoms with Crippen LogP contribution in [0, 0.1) is 11.3 Å². The minimum Gasteiger partial charge on any atom is -0.344 e. The van der Waals surface area contributed by atoms with Gasteiger partial charge >= 0.3 is 0 Å². The molecule has 0 radical (unpaired) electrons. The minimum absolute atomic E-state index is 0.00505. The Balaban J connectivity index is 2.27. The van der Waals surface area contributed by atoms with Crippen LogP contribution in [0.4, 0.5) is 0 Å². The van der Waals surface area contributed by atoms with Crippen LogP contribution in [0.1, 0.15) is 6.42 Å². The van der Waals surface area contributed by atoms with Gasteiger partial charge in [-0.3, -0.25) is 4.79 Å². The molecule has 15 heavy (non-hydrogen) atoms. The molecule has 0 fully saturated rings. The van der Waals surface area contributed by atoms with Gasteiger partial charge in [-0.2, -0.15) is 9.64 Å². The van der Waals surface area contributed by atoms with Crippen LogP contribution in [0.15, 0.2) is 10.7 Å². The van der Waals surface area contributed by atoms with Gasteiger partial charge in [-0.15, -0.1) is 0 Å². The van der Waals surface area contributed by atoms with Crippen LogP contribution in [-0.2, 0) is 4.79 Å². The molecule has 5 nitrogen and oxygen atoms in total. The molecule has 0 aromatic carbocycles. The SMILES string of the molecule is CN(CCC#N)C(=O)CSc1ncns1. The Morgan fingerprint density at radius 3 is 3.20 bits per heavy atom. The summed E-state index contributed by atoms with van der Waals surface area (Å²) >= 11 is 2.64. The highest BCUT2D eigenvalue weighted by molar-refractivity contribution is 8.01. The molecular formula is C8H10N4OS2. The topological polar surface area (TPSA) is 69.9 Å². The molecule has 7 heteroatoms. The van der Waals surface area contributed by atoms with Crippen molar-refractivity contribution in [3.05, 3.63) is 6.33 Å². The van der Waals surface area contributed by atoms with E-state index in [4.69, 9.17) is 5.26 Å². The summed E-state index contributed by atoms with van der Waals surface area (Å²) in [6.07, 6.45) is 1.84. The van der Waals surface area contributed by atoms with Crippen LogP contribution in [0.3, 0.4) is 0 Å². The van der Waals surface area contributed by atoms with E-state index in [1.54, 1.807) is 11.9 Å². The molecule has 0 bridgehead atoms. The van der Waals surface area contributed by atoms with E-state index in [0.29, 0.717) is 18.7 Å². The third-order valence-corrected chi connectivity index (χ3v) is 3.43. The molecule has 1 aromatic heterocycles. The van der Waals surface area contributed by atoms with Gasteiger partial charge in [0.1, 0.15) is 6.33 Å². The van der Waals surface area contributed by atoms with E-state index in [2.05, 4.69) is 9.36 Å². The Hall–Kier alpha value is -1.13. The van der Waals surface area contributed by atoms with Gasteiger partial charge < -0.3 is 4.90 Å². The Bertz CT molecular complexity index is 346. The maximum Gasteiger partial charge on any atom is 0.232 e. The van der Waals surface area contributed by atoms with E-state index in [-0.39, 0.29) is 5.91 Å². The largest absolute Gasteiger partial charge is 0.344 e. The summed E-state index contributed by atoms with van der Waals surface area (Å²) in [4.78, 5) is 17.0. The first-order valence-electron chi connectivity index (χ1n) is 4.24. The lowest BCUT2D eigenvalue weighted by molar-refractivity contribution is -0.127. The van der Waals surface area contributed by atoms with Crippen molar-refractivity contribution in [2.24, 2.45) is 0 Å². The minimum atomic E-state index is 0.00505. The summed E-state index contributed by atoms with van der Waals surface area (Å²) in [5.41, 5.74) is 0. The predicted molar refractivity (Wildman–Crippen MR) is 58.5 cm³/mol. The maximum atomic E-state index is 11.5. The van der Waals surface area contributed by atoms with E-state index in [1.807, 2.05) is 6.07 Å². The van der Waals surface area contributed by atoms with Gasteiger partial charge in [0, 0.05) is 13.6 Å². The number of carbonyl (C=O) groups is 1. The van der Waals surface area contributed by atoms with E-state index in [1.165, 1.54) is 29.6 Å². The molecule has 0 saturated heterocycles. The molecule has 0 spiro atoms. The lowest BCUT2D eigenvalue weighted by Gasteiger charge is -2.14. The maximum absolute atomic E-state index is 11.5. The molecule has 0 aliphatic carbocycles. The Labute approximate surface area is 96.3 Å². The Kier molecular flexibility index (Phi) is 5.07. The second-order valence-corrected chi connectivity index (χ2v) is 4.72. The van der Waals surface area contributed by atoms with Crippen molar-refractivity contribution in [2.45, 2.75) is 10.8 Å². The van der Waals surface area contributed by atoms with Gasteiger partial charge in [-0.1, -0.05) is 11.8 Å². The standard InChI is InChI=1S/C8H10N4OS2/c1-12(4-2-3-9)7(13)5-14-8-10-6-11-15-8/h6H,2,4-5H2,1H3. The van der Waals surface area contributed by atoms with E-state index in [0.717, 1.165) is 4.34 Å². The number of amides is 1. The average molecular weight is 242 g/mol. The fourth-order valence-corrected chi connectivity index (χ4v) is 2.19. The molecule has 1 rings (SSSR count). The Morgan fingerprint density at radius 2 is 2.60 bits per heavy atom. The molecule has 1 amide bonds. The van der Waals surface area contributed by atoms with Crippen molar-refractivity contribution in [3.63, 3.8) is 0 Å². The van der Waals surface area contributed by atoms with Crippen molar-refractivity contribution >= 4 is 29.2 Å². The molecule has 1 heterocycles. The van der Waals surface area contributed by atoms with Crippen LogP contribution in [0.5, 0.6) is 0 Å². The van der Waals surface area contributed by atoms with Crippen LogP contribution in [0.2, 0.25) is 0 Å². The molecule has 0 atom stereocenters. The smallest absolute Gasteiger partial charge is 0.232 e. The van der Waals surface area contributed by atoms with Crippen molar-refractivity contribution in [3.8, 4) is 6.07 Å². The summed E-state index contributed by atoms with van der Waals surface area (Å²) in [5.74, 6) is 0.349. The number of thioether (sulfide) groups is 1. The highest BCUT2D eigenvalue weighted by Crippen LogP contribution is 2.18. The van der Waals surface area contributed by atoms with Crippen molar-refractivity contribution in [1.29, 1.82) is 5.26 Å². The highest BCUT2D eigenvalue weighted by Gasteiger charge is 2.09. The summed E-state index contributed by atoms with van der Waals surface area (Å²) in [6.45, 7) is 0.478. The zero-order valence-electron chi connectivity index (χ0n) is 8.21. The molecule has 0 N–H and O–H groups in total. The molecule has 80 valence electrons. The first kappa shape index (κ1) is 11.9. The fourth-order valence-electron chi connectivity index (χ4n) is 0.803. The van der Waals surface area contributed by atoms with Gasteiger partial charge in [0.25, 0.3) is 0 Å². The van der Waals surface area contributed by atoms with Gasteiger partial charge in [0.2, 0.25) is 5.91 Å². The second-order valence-electron chi connectivity index (χ2n) is 2.72. The molecule has 0 aliphatic rings. The normalized spacial score (nSPS) is 9.60. The van der Waals surface area contributed by atoms with E-state index in [9.17, 15) is 4.79 Å². The van der Waals surface area contributed by atoms with Gasteiger partial charge in [0.15, 0.2) is 4.34 Å². The number of hydrogen-bond donors (Lipinski definition) is 0. The zero-order valence-corrected chi connectivity index (χ0v) is 9.85. The number of aromatic nitrogens is 2. The average Bonchev–Trinajstić information content (AvgIpc) is 2.75. The monoisotopic (exact) mass is 242 g/mol. The van der Waals surface area contributed by atoms with Gasteiger partial charge in [0.05, 0.1) is 18.2 Å². The molecule has 1 aromatic rings. The Morgan fingerprint density at radius 1 is 1.80 bits per heavy atom.